The molecule has 1 N–H and O–H groups in total. The number of aromatic amines is 1. The summed E-state index contributed by atoms with van der Waals surface area (Å²) in [7, 11) is 0. The van der Waals surface area contributed by atoms with E-state index in [2.05, 4.69) is 30.3 Å². The summed E-state index contributed by atoms with van der Waals surface area (Å²) in [5, 5.41) is 0. The van der Waals surface area contributed by atoms with Crippen LogP contribution in [0, 0.1) is 4.77 Å². The molecule has 1 aromatic rings. The number of carbonyl (C=O) groups excluding carboxylic acids is 1. The van der Waals surface area contributed by atoms with Gasteiger partial charge in [0, 0.05) is 43.4 Å². The summed E-state index contributed by atoms with van der Waals surface area (Å²) < 4.78 is 2.77. The fourth-order valence-corrected chi connectivity index (χ4v) is 2.82. The lowest BCUT2D eigenvalue weighted by Crippen LogP contribution is -2.29. The normalized spacial score (nSPS) is 16.1. The van der Waals surface area contributed by atoms with E-state index in [9.17, 15) is 4.79 Å². The van der Waals surface area contributed by atoms with Gasteiger partial charge in [0.1, 0.15) is 0 Å². The van der Waals surface area contributed by atoms with Crippen molar-refractivity contribution in [3.05, 3.63) is 16.7 Å². The van der Waals surface area contributed by atoms with Gasteiger partial charge in [-0.1, -0.05) is 20.8 Å². The average Bonchev–Trinajstić information content (AvgIpc) is 2.94. The molecular weight excluding hydrogens is 258 g/mol. The van der Waals surface area contributed by atoms with E-state index in [1.165, 1.54) is 0 Å². The van der Waals surface area contributed by atoms with Gasteiger partial charge in [0.15, 0.2) is 4.77 Å². The van der Waals surface area contributed by atoms with Crippen molar-refractivity contribution < 1.29 is 4.79 Å². The van der Waals surface area contributed by atoms with Crippen LogP contribution >= 0.6 is 12.2 Å². The van der Waals surface area contributed by atoms with Crippen LogP contribution < -0.4 is 0 Å². The van der Waals surface area contributed by atoms with Gasteiger partial charge in [-0.2, -0.15) is 0 Å². The Morgan fingerprint density at radius 2 is 2.00 bits per heavy atom. The van der Waals surface area contributed by atoms with E-state index in [4.69, 9.17) is 12.2 Å². The van der Waals surface area contributed by atoms with Gasteiger partial charge in [-0.05, 0) is 25.1 Å². The number of likely N-dealkylation sites (tertiary alicyclic amines) is 1. The zero-order valence-corrected chi connectivity index (χ0v) is 12.8. The molecule has 4 nitrogen and oxygen atoms in total. The number of amides is 1. The molecule has 0 bridgehead atoms. The summed E-state index contributed by atoms with van der Waals surface area (Å²) >= 11 is 5.31. The van der Waals surface area contributed by atoms with Crippen molar-refractivity contribution in [3.8, 4) is 0 Å². The minimum atomic E-state index is 0.0320. The number of H-pyrrole nitrogens is 1. The third-order valence-electron chi connectivity index (χ3n) is 3.64. The summed E-state index contributed by atoms with van der Waals surface area (Å²) in [6.45, 7) is 8.98. The lowest BCUT2D eigenvalue weighted by atomic mass is 9.92. The summed E-state index contributed by atoms with van der Waals surface area (Å²) in [5.74, 6) is 0.250. The second kappa shape index (κ2) is 5.49. The van der Waals surface area contributed by atoms with E-state index in [0.29, 0.717) is 17.7 Å². The Kier molecular flexibility index (Phi) is 4.13. The Balaban J connectivity index is 2.05. The molecule has 0 aromatic carbocycles. The number of carbonyl (C=O) groups is 1. The number of rotatable bonds is 3. The molecule has 2 rings (SSSR count). The minimum Gasteiger partial charge on any atom is -0.343 e. The molecule has 1 aliphatic rings. The van der Waals surface area contributed by atoms with Gasteiger partial charge < -0.3 is 14.5 Å². The number of hydrogen-bond acceptors (Lipinski definition) is 2. The van der Waals surface area contributed by atoms with E-state index in [0.717, 1.165) is 31.6 Å². The van der Waals surface area contributed by atoms with Crippen LogP contribution in [-0.4, -0.2) is 33.4 Å². The molecule has 2 heterocycles. The maximum absolute atomic E-state index is 12.1. The van der Waals surface area contributed by atoms with Crippen LogP contribution in [0.2, 0.25) is 0 Å². The molecule has 0 spiro atoms. The van der Waals surface area contributed by atoms with Crippen LogP contribution in [0.25, 0.3) is 0 Å². The standard InChI is InChI=1S/C14H23N3OS/c1-14(2,3)11-10-15-13(19)17(11)9-6-12(18)16-7-4-5-8-16/h10H,4-9H2,1-3H3,(H,15,19). The second-order valence-corrected chi connectivity index (χ2v) is 6.61. The first-order chi connectivity index (χ1) is 8.89. The van der Waals surface area contributed by atoms with Crippen LogP contribution in [0.3, 0.4) is 0 Å². The van der Waals surface area contributed by atoms with Crippen LogP contribution in [0.1, 0.15) is 45.7 Å². The highest BCUT2D eigenvalue weighted by molar-refractivity contribution is 7.71. The lowest BCUT2D eigenvalue weighted by Gasteiger charge is -2.21. The van der Waals surface area contributed by atoms with Crippen molar-refractivity contribution in [2.45, 2.75) is 52.0 Å². The molecule has 1 fully saturated rings. The average molecular weight is 281 g/mol. The second-order valence-electron chi connectivity index (χ2n) is 6.22. The predicted molar refractivity (Wildman–Crippen MR) is 78.7 cm³/mol. The number of imidazole rings is 1. The molecule has 1 aromatic heterocycles. The summed E-state index contributed by atoms with van der Waals surface area (Å²) in [4.78, 5) is 17.1. The minimum absolute atomic E-state index is 0.0320. The van der Waals surface area contributed by atoms with Gasteiger partial charge in [0.2, 0.25) is 5.91 Å². The van der Waals surface area contributed by atoms with Crippen LogP contribution in [-0.2, 0) is 16.8 Å². The molecule has 5 heteroatoms. The molecule has 0 radical (unpaired) electrons. The molecule has 0 saturated carbocycles. The Labute approximate surface area is 119 Å². The van der Waals surface area contributed by atoms with Gasteiger partial charge >= 0.3 is 0 Å². The summed E-state index contributed by atoms with van der Waals surface area (Å²) in [6.07, 6.45) is 4.78. The molecule has 1 amide bonds. The monoisotopic (exact) mass is 281 g/mol. The van der Waals surface area contributed by atoms with Gasteiger partial charge in [0.05, 0.1) is 0 Å². The zero-order chi connectivity index (χ0) is 14.0. The van der Waals surface area contributed by atoms with Crippen molar-refractivity contribution in [2.75, 3.05) is 13.1 Å². The quantitative estimate of drug-likeness (QED) is 0.866. The Bertz CT molecular complexity index is 503. The zero-order valence-electron chi connectivity index (χ0n) is 12.0. The van der Waals surface area contributed by atoms with Crippen LogP contribution in [0.4, 0.5) is 0 Å². The Hall–Kier alpha value is -1.10. The SMILES string of the molecule is CC(C)(C)c1c[nH]c(=S)n1CCC(=O)N1CCCC1. The predicted octanol–water partition coefficient (Wildman–Crippen LogP) is 2.86. The van der Waals surface area contributed by atoms with Gasteiger partial charge in [-0.15, -0.1) is 0 Å². The highest BCUT2D eigenvalue weighted by atomic mass is 32.1. The van der Waals surface area contributed by atoms with Gasteiger partial charge in [-0.3, -0.25) is 4.79 Å². The Morgan fingerprint density at radius 1 is 1.37 bits per heavy atom. The van der Waals surface area contributed by atoms with E-state index in [1.54, 1.807) is 0 Å². The molecule has 0 unspecified atom stereocenters. The van der Waals surface area contributed by atoms with Crippen LogP contribution in [0.15, 0.2) is 6.20 Å². The van der Waals surface area contributed by atoms with E-state index >= 15 is 0 Å². The first kappa shape index (κ1) is 14.3. The number of nitrogens with zero attached hydrogens (tertiary/aromatic N) is 2. The maximum atomic E-state index is 12.1. The number of hydrogen-bond donors (Lipinski definition) is 1. The van der Waals surface area contributed by atoms with Gasteiger partial charge in [-0.25, -0.2) is 0 Å². The van der Waals surface area contributed by atoms with E-state index in [1.807, 2.05) is 11.1 Å². The molecular formula is C14H23N3OS. The Morgan fingerprint density at radius 3 is 2.58 bits per heavy atom. The first-order valence-corrected chi connectivity index (χ1v) is 7.37. The lowest BCUT2D eigenvalue weighted by molar-refractivity contribution is -0.130. The smallest absolute Gasteiger partial charge is 0.224 e. The molecule has 19 heavy (non-hydrogen) atoms. The van der Waals surface area contributed by atoms with Gasteiger partial charge in [0.25, 0.3) is 0 Å². The van der Waals surface area contributed by atoms with Crippen molar-refractivity contribution in [1.82, 2.24) is 14.5 Å². The van der Waals surface area contributed by atoms with Crippen molar-refractivity contribution in [2.24, 2.45) is 0 Å². The van der Waals surface area contributed by atoms with Crippen LogP contribution in [0.5, 0.6) is 0 Å². The summed E-state index contributed by atoms with van der Waals surface area (Å²) in [6, 6.07) is 0. The van der Waals surface area contributed by atoms with E-state index < -0.39 is 0 Å². The topological polar surface area (TPSA) is 41.0 Å². The molecule has 0 aliphatic carbocycles. The van der Waals surface area contributed by atoms with Crippen molar-refractivity contribution in [3.63, 3.8) is 0 Å². The highest BCUT2D eigenvalue weighted by Crippen LogP contribution is 2.22. The fraction of sp³-hybridized carbons (Fsp3) is 0.714. The summed E-state index contributed by atoms with van der Waals surface area (Å²) in [5.41, 5.74) is 1.19. The third-order valence-corrected chi connectivity index (χ3v) is 3.98. The molecule has 0 atom stereocenters. The fourth-order valence-electron chi connectivity index (χ4n) is 2.57. The molecule has 1 aliphatic heterocycles. The third kappa shape index (κ3) is 3.26. The number of aromatic nitrogens is 2. The van der Waals surface area contributed by atoms with Crippen molar-refractivity contribution >= 4 is 18.1 Å². The largest absolute Gasteiger partial charge is 0.343 e. The van der Waals surface area contributed by atoms with Crippen molar-refractivity contribution in [1.29, 1.82) is 0 Å². The molecule has 106 valence electrons. The van der Waals surface area contributed by atoms with E-state index in [-0.39, 0.29) is 11.3 Å². The maximum Gasteiger partial charge on any atom is 0.224 e. The first-order valence-electron chi connectivity index (χ1n) is 6.96. The highest BCUT2D eigenvalue weighted by Gasteiger charge is 2.21. The number of nitrogens with one attached hydrogen (secondary N) is 1. The molecule has 1 saturated heterocycles.